The molecule has 3 heteroatoms. The number of nitrogens with zero attached hydrogens (tertiary/aromatic N) is 2. The quantitative estimate of drug-likeness (QED) is 0.736. The Morgan fingerprint density at radius 2 is 1.92 bits per heavy atom. The number of benzene rings is 1. The fourth-order valence-corrected chi connectivity index (χ4v) is 1.61. The summed E-state index contributed by atoms with van der Waals surface area (Å²) in [6.07, 6.45) is 1.88. The second-order valence-electron chi connectivity index (χ2n) is 2.83. The van der Waals surface area contributed by atoms with Gasteiger partial charge in [0.25, 0.3) is 0 Å². The zero-order chi connectivity index (χ0) is 9.26. The topological polar surface area (TPSA) is 17.8 Å². The van der Waals surface area contributed by atoms with Crippen LogP contribution in [-0.4, -0.2) is 9.55 Å². The molecule has 2 nitrogen and oxygen atoms in total. The fourth-order valence-electron chi connectivity index (χ4n) is 1.24. The Morgan fingerprint density at radius 1 is 1.23 bits per heavy atom. The molecule has 2 rings (SSSR count). The van der Waals surface area contributed by atoms with Crippen LogP contribution in [-0.2, 0) is 7.05 Å². The Kier molecular flexibility index (Phi) is 2.35. The normalized spacial score (nSPS) is 10.3. The molecular weight excluding hydrogens is 275 g/mol. The van der Waals surface area contributed by atoms with Crippen LogP contribution in [0.2, 0.25) is 0 Å². The summed E-state index contributed by atoms with van der Waals surface area (Å²) in [6.45, 7) is 0. The van der Waals surface area contributed by atoms with Crippen molar-refractivity contribution in [2.45, 2.75) is 0 Å². The van der Waals surface area contributed by atoms with Gasteiger partial charge in [0, 0.05) is 12.6 Å². The molecule has 0 spiro atoms. The van der Waals surface area contributed by atoms with Crippen molar-refractivity contribution >= 4 is 22.6 Å². The van der Waals surface area contributed by atoms with Gasteiger partial charge in [0.15, 0.2) is 0 Å². The molecule has 0 aliphatic rings. The van der Waals surface area contributed by atoms with Gasteiger partial charge in [-0.05, 0) is 22.6 Å². The van der Waals surface area contributed by atoms with E-state index in [1.165, 1.54) is 0 Å². The molecule has 13 heavy (non-hydrogen) atoms. The van der Waals surface area contributed by atoms with E-state index in [0.717, 1.165) is 15.1 Å². The minimum Gasteiger partial charge on any atom is -0.323 e. The number of aromatic nitrogens is 2. The first-order valence-electron chi connectivity index (χ1n) is 4.01. The molecule has 0 saturated carbocycles. The van der Waals surface area contributed by atoms with Gasteiger partial charge < -0.3 is 4.57 Å². The van der Waals surface area contributed by atoms with Crippen molar-refractivity contribution in [2.75, 3.05) is 0 Å². The third-order valence-corrected chi connectivity index (χ3v) is 2.97. The lowest BCUT2D eigenvalue weighted by Gasteiger charge is -2.01. The monoisotopic (exact) mass is 284 g/mol. The largest absolute Gasteiger partial charge is 0.323 e. The molecule has 0 N–H and O–H groups in total. The van der Waals surface area contributed by atoms with Gasteiger partial charge >= 0.3 is 0 Å². The van der Waals surface area contributed by atoms with Crippen LogP contribution >= 0.6 is 22.6 Å². The standard InChI is InChI=1S/C10H9IN2/c1-13-9(11)7-12-10(13)8-5-3-2-4-6-8/h2-7H,1H3. The predicted molar refractivity (Wildman–Crippen MR) is 61.4 cm³/mol. The molecule has 1 heterocycles. The smallest absolute Gasteiger partial charge is 0.140 e. The van der Waals surface area contributed by atoms with Gasteiger partial charge in [-0.25, -0.2) is 4.98 Å². The molecule has 66 valence electrons. The van der Waals surface area contributed by atoms with E-state index in [-0.39, 0.29) is 0 Å². The lowest BCUT2D eigenvalue weighted by atomic mass is 10.2. The van der Waals surface area contributed by atoms with Crippen LogP contribution in [0, 0.1) is 3.70 Å². The van der Waals surface area contributed by atoms with Crippen LogP contribution in [0.1, 0.15) is 0 Å². The highest BCUT2D eigenvalue weighted by Crippen LogP contribution is 2.18. The van der Waals surface area contributed by atoms with E-state index in [4.69, 9.17) is 0 Å². The minimum atomic E-state index is 1.02. The van der Waals surface area contributed by atoms with Gasteiger partial charge in [0.05, 0.1) is 9.90 Å². The average molecular weight is 284 g/mol. The maximum absolute atomic E-state index is 4.34. The average Bonchev–Trinajstić information content (AvgIpc) is 2.49. The summed E-state index contributed by atoms with van der Waals surface area (Å²) in [7, 11) is 2.02. The Labute approximate surface area is 90.8 Å². The molecule has 0 amide bonds. The third-order valence-electron chi connectivity index (χ3n) is 1.96. The Bertz CT molecular complexity index is 406. The highest BCUT2D eigenvalue weighted by atomic mass is 127. The van der Waals surface area contributed by atoms with Crippen LogP contribution in [0.3, 0.4) is 0 Å². The van der Waals surface area contributed by atoms with E-state index in [1.54, 1.807) is 0 Å². The molecule has 0 saturated heterocycles. The first-order valence-corrected chi connectivity index (χ1v) is 5.09. The molecule has 0 aliphatic carbocycles. The minimum absolute atomic E-state index is 1.02. The zero-order valence-corrected chi connectivity index (χ0v) is 9.39. The summed E-state index contributed by atoms with van der Waals surface area (Å²) in [5.74, 6) is 1.02. The molecule has 0 unspecified atom stereocenters. The van der Waals surface area contributed by atoms with E-state index in [0.29, 0.717) is 0 Å². The predicted octanol–water partition coefficient (Wildman–Crippen LogP) is 2.69. The SMILES string of the molecule is Cn1c(I)cnc1-c1ccccc1. The summed E-state index contributed by atoms with van der Waals surface area (Å²) < 4.78 is 3.23. The lowest BCUT2D eigenvalue weighted by Crippen LogP contribution is -1.93. The van der Waals surface area contributed by atoms with Crippen molar-refractivity contribution in [3.63, 3.8) is 0 Å². The second kappa shape index (κ2) is 3.49. The van der Waals surface area contributed by atoms with E-state index < -0.39 is 0 Å². The first kappa shape index (κ1) is 8.74. The summed E-state index contributed by atoms with van der Waals surface area (Å²) in [6, 6.07) is 10.2. The van der Waals surface area contributed by atoms with Gasteiger partial charge in [0.1, 0.15) is 5.82 Å². The van der Waals surface area contributed by atoms with Crippen LogP contribution < -0.4 is 0 Å². The number of imidazole rings is 1. The van der Waals surface area contributed by atoms with Crippen LogP contribution in [0.5, 0.6) is 0 Å². The number of hydrogen-bond acceptors (Lipinski definition) is 1. The number of halogens is 1. The fraction of sp³-hybridized carbons (Fsp3) is 0.100. The highest BCUT2D eigenvalue weighted by Gasteiger charge is 2.04. The molecule has 0 atom stereocenters. The van der Waals surface area contributed by atoms with Crippen molar-refractivity contribution in [3.05, 3.63) is 40.2 Å². The molecule has 2 aromatic rings. The molecule has 1 aromatic carbocycles. The third kappa shape index (κ3) is 1.60. The molecule has 0 radical (unpaired) electrons. The molecule has 0 fully saturated rings. The van der Waals surface area contributed by atoms with Crippen LogP contribution in [0.15, 0.2) is 36.5 Å². The Morgan fingerprint density at radius 3 is 2.46 bits per heavy atom. The van der Waals surface area contributed by atoms with Crippen LogP contribution in [0.25, 0.3) is 11.4 Å². The lowest BCUT2D eigenvalue weighted by molar-refractivity contribution is 0.899. The van der Waals surface area contributed by atoms with E-state index in [1.807, 2.05) is 31.4 Å². The maximum atomic E-state index is 4.34. The first-order chi connectivity index (χ1) is 6.29. The highest BCUT2D eigenvalue weighted by molar-refractivity contribution is 14.1. The number of hydrogen-bond donors (Lipinski definition) is 0. The number of rotatable bonds is 1. The second-order valence-corrected chi connectivity index (χ2v) is 3.93. The van der Waals surface area contributed by atoms with Crippen molar-refractivity contribution in [2.24, 2.45) is 7.05 Å². The van der Waals surface area contributed by atoms with Crippen molar-refractivity contribution in [1.29, 1.82) is 0 Å². The van der Waals surface area contributed by atoms with Crippen molar-refractivity contribution < 1.29 is 0 Å². The molecular formula is C10H9IN2. The summed E-state index contributed by atoms with van der Waals surface area (Å²) in [5, 5.41) is 0. The van der Waals surface area contributed by atoms with Gasteiger partial charge in [-0.1, -0.05) is 30.3 Å². The molecule has 1 aromatic heterocycles. The Balaban J connectivity index is 2.53. The van der Waals surface area contributed by atoms with E-state index in [2.05, 4.69) is 44.3 Å². The van der Waals surface area contributed by atoms with Crippen molar-refractivity contribution in [1.82, 2.24) is 9.55 Å². The van der Waals surface area contributed by atoms with Gasteiger partial charge in [-0.3, -0.25) is 0 Å². The van der Waals surface area contributed by atoms with Gasteiger partial charge in [0.2, 0.25) is 0 Å². The van der Waals surface area contributed by atoms with Gasteiger partial charge in [-0.2, -0.15) is 0 Å². The van der Waals surface area contributed by atoms with Crippen molar-refractivity contribution in [3.8, 4) is 11.4 Å². The summed E-state index contributed by atoms with van der Waals surface area (Å²) in [4.78, 5) is 4.34. The Hall–Kier alpha value is -0.840. The van der Waals surface area contributed by atoms with Crippen LogP contribution in [0.4, 0.5) is 0 Å². The molecule has 0 aliphatic heterocycles. The van der Waals surface area contributed by atoms with E-state index >= 15 is 0 Å². The summed E-state index contributed by atoms with van der Waals surface area (Å²) >= 11 is 2.27. The van der Waals surface area contributed by atoms with Gasteiger partial charge in [-0.15, -0.1) is 0 Å². The molecule has 0 bridgehead atoms. The van der Waals surface area contributed by atoms with E-state index in [9.17, 15) is 0 Å². The summed E-state index contributed by atoms with van der Waals surface area (Å²) in [5.41, 5.74) is 1.16. The zero-order valence-electron chi connectivity index (χ0n) is 7.24. The maximum Gasteiger partial charge on any atom is 0.140 e.